The maximum atomic E-state index is 14.0. The summed E-state index contributed by atoms with van der Waals surface area (Å²) in [5, 5.41) is 11.1. The number of carbonyl (C=O) groups is 3. The molecule has 5 heterocycles. The molecule has 3 amide bonds. The lowest BCUT2D eigenvalue weighted by Gasteiger charge is -2.33. The summed E-state index contributed by atoms with van der Waals surface area (Å²) in [6, 6.07) is 10.1. The van der Waals surface area contributed by atoms with Gasteiger partial charge < -0.3 is 15.1 Å². The first-order chi connectivity index (χ1) is 23.4. The summed E-state index contributed by atoms with van der Waals surface area (Å²) in [5.74, 6) is -1.99. The van der Waals surface area contributed by atoms with Gasteiger partial charge in [0.15, 0.2) is 11.4 Å². The number of oxazole rings is 1. The molecule has 4 aromatic rings. The Labute approximate surface area is 276 Å². The van der Waals surface area contributed by atoms with Crippen LogP contribution in [-0.4, -0.2) is 68.2 Å². The van der Waals surface area contributed by atoms with Crippen molar-refractivity contribution >= 4 is 29.2 Å². The van der Waals surface area contributed by atoms with Gasteiger partial charge in [-0.3, -0.25) is 29.3 Å². The van der Waals surface area contributed by atoms with E-state index in [-0.39, 0.29) is 52.9 Å². The summed E-state index contributed by atoms with van der Waals surface area (Å²) >= 11 is 0. The number of hydrogen-bond donors (Lipinski definition) is 3. The van der Waals surface area contributed by atoms with E-state index in [0.29, 0.717) is 38.9 Å². The van der Waals surface area contributed by atoms with Gasteiger partial charge in [-0.2, -0.15) is 18.3 Å². The predicted octanol–water partition coefficient (Wildman–Crippen LogP) is 5.45. The molecular formula is C32H31F5N8O4. The molecule has 3 aromatic heterocycles. The SMILES string of the molecule is O=C1CCC(c2ccccc2CN2CCC(n3cc(NC(=O)c4coc(-c5ccnc(NCC(F)(F)F)c5)n4)c(C(F)F)n3)CC2)C(=O)N1. The summed E-state index contributed by atoms with van der Waals surface area (Å²) in [5.41, 5.74) is 1.07. The summed E-state index contributed by atoms with van der Waals surface area (Å²) in [6.07, 6.45) is -1.91. The third-order valence-electron chi connectivity index (χ3n) is 8.42. The number of imide groups is 1. The lowest BCUT2D eigenvalue weighted by Crippen LogP contribution is -2.40. The molecule has 17 heteroatoms. The van der Waals surface area contributed by atoms with Crippen molar-refractivity contribution in [2.24, 2.45) is 0 Å². The molecule has 1 aromatic carbocycles. The number of nitrogens with zero attached hydrogens (tertiary/aromatic N) is 5. The molecule has 0 spiro atoms. The van der Waals surface area contributed by atoms with Crippen LogP contribution in [0.25, 0.3) is 11.5 Å². The van der Waals surface area contributed by atoms with E-state index in [0.717, 1.165) is 17.4 Å². The van der Waals surface area contributed by atoms with Crippen LogP contribution in [0.15, 0.2) is 59.5 Å². The normalized spacial score (nSPS) is 17.7. The van der Waals surface area contributed by atoms with Crippen molar-refractivity contribution in [1.29, 1.82) is 0 Å². The summed E-state index contributed by atoms with van der Waals surface area (Å²) < 4.78 is 72.5. The van der Waals surface area contributed by atoms with Crippen LogP contribution in [0.4, 0.5) is 33.5 Å². The number of rotatable bonds is 10. The average molecular weight is 687 g/mol. The number of carbonyl (C=O) groups excluding carboxylic acids is 3. The van der Waals surface area contributed by atoms with Crippen molar-refractivity contribution in [3.63, 3.8) is 0 Å². The molecule has 2 aliphatic rings. The Morgan fingerprint density at radius 2 is 1.88 bits per heavy atom. The van der Waals surface area contributed by atoms with Gasteiger partial charge in [-0.25, -0.2) is 18.7 Å². The van der Waals surface area contributed by atoms with Crippen molar-refractivity contribution in [2.45, 2.75) is 56.8 Å². The molecule has 258 valence electrons. The van der Waals surface area contributed by atoms with E-state index in [1.54, 1.807) is 0 Å². The highest BCUT2D eigenvalue weighted by Crippen LogP contribution is 2.33. The Morgan fingerprint density at radius 3 is 2.61 bits per heavy atom. The second-order valence-electron chi connectivity index (χ2n) is 11.8. The zero-order chi connectivity index (χ0) is 34.7. The van der Waals surface area contributed by atoms with Crippen molar-refractivity contribution in [3.8, 4) is 11.5 Å². The van der Waals surface area contributed by atoms with Crippen LogP contribution in [0.3, 0.4) is 0 Å². The van der Waals surface area contributed by atoms with E-state index in [9.17, 15) is 36.3 Å². The second kappa shape index (κ2) is 14.1. The number of benzene rings is 1. The molecule has 49 heavy (non-hydrogen) atoms. The van der Waals surface area contributed by atoms with Gasteiger partial charge in [0.1, 0.15) is 18.6 Å². The molecule has 2 fully saturated rings. The van der Waals surface area contributed by atoms with Crippen molar-refractivity contribution < 1.29 is 40.8 Å². The Morgan fingerprint density at radius 1 is 1.10 bits per heavy atom. The van der Waals surface area contributed by atoms with Gasteiger partial charge in [0.05, 0.1) is 17.6 Å². The van der Waals surface area contributed by atoms with Crippen LogP contribution >= 0.6 is 0 Å². The highest BCUT2D eigenvalue weighted by atomic mass is 19.4. The van der Waals surface area contributed by atoms with Crippen molar-refractivity contribution in [1.82, 2.24) is 30.0 Å². The van der Waals surface area contributed by atoms with E-state index in [4.69, 9.17) is 4.42 Å². The quantitative estimate of drug-likeness (QED) is 0.146. The van der Waals surface area contributed by atoms with E-state index in [1.165, 1.54) is 29.2 Å². The minimum atomic E-state index is -4.46. The molecule has 0 radical (unpaired) electrons. The Kier molecular flexibility index (Phi) is 9.71. The molecule has 12 nitrogen and oxygen atoms in total. The van der Waals surface area contributed by atoms with E-state index < -0.39 is 36.7 Å². The fourth-order valence-electron chi connectivity index (χ4n) is 5.99. The van der Waals surface area contributed by atoms with Crippen LogP contribution in [0.1, 0.15) is 71.4 Å². The van der Waals surface area contributed by atoms with Gasteiger partial charge in [0.25, 0.3) is 12.3 Å². The number of amides is 3. The first kappa shape index (κ1) is 33.7. The molecule has 2 saturated heterocycles. The number of anilines is 2. The summed E-state index contributed by atoms with van der Waals surface area (Å²) in [6.45, 7) is 0.533. The molecule has 2 aliphatic heterocycles. The van der Waals surface area contributed by atoms with Gasteiger partial charge in [-0.05, 0) is 42.5 Å². The summed E-state index contributed by atoms with van der Waals surface area (Å²) in [4.78, 5) is 47.2. The minimum Gasteiger partial charge on any atom is -0.444 e. The smallest absolute Gasteiger partial charge is 0.405 e. The third kappa shape index (κ3) is 8.10. The van der Waals surface area contributed by atoms with Crippen molar-refractivity contribution in [3.05, 3.63) is 77.6 Å². The molecule has 3 N–H and O–H groups in total. The first-order valence-electron chi connectivity index (χ1n) is 15.5. The van der Waals surface area contributed by atoms with Crippen molar-refractivity contribution in [2.75, 3.05) is 30.3 Å². The molecular weight excluding hydrogens is 655 g/mol. The van der Waals surface area contributed by atoms with Gasteiger partial charge >= 0.3 is 6.18 Å². The first-order valence-corrected chi connectivity index (χ1v) is 15.5. The molecule has 1 unspecified atom stereocenters. The standard InChI is InChI=1S/C32H31F5N8O4/c33-28(34)27-23(40-30(48)24-16-49-31(41-24)18-7-10-38-25(13-18)39-17-32(35,36)37)15-45(43-27)20-8-11-44(12-9-20)14-19-3-1-2-4-21(19)22-5-6-26(46)42-29(22)47/h1-4,7,10,13,15-16,20,22,28H,5-6,8-9,11-12,14,17H2,(H,38,39)(H,40,48)(H,42,46,47). The zero-order valence-corrected chi connectivity index (χ0v) is 25.8. The van der Waals surface area contributed by atoms with Gasteiger partial charge in [-0.1, -0.05) is 24.3 Å². The molecule has 0 aliphatic carbocycles. The van der Waals surface area contributed by atoms with Gasteiger partial charge in [-0.15, -0.1) is 0 Å². The Hall–Kier alpha value is -5.19. The number of pyridine rings is 1. The maximum absolute atomic E-state index is 14.0. The fraction of sp³-hybridized carbons (Fsp3) is 0.375. The monoisotopic (exact) mass is 686 g/mol. The van der Waals surface area contributed by atoms with Crippen LogP contribution in [0.5, 0.6) is 0 Å². The number of aromatic nitrogens is 4. The number of piperidine rings is 2. The van der Waals surface area contributed by atoms with Crippen LogP contribution in [0.2, 0.25) is 0 Å². The topological polar surface area (TPSA) is 147 Å². The van der Waals surface area contributed by atoms with Crippen LogP contribution in [0, 0.1) is 0 Å². The number of nitrogens with one attached hydrogen (secondary N) is 3. The predicted molar refractivity (Wildman–Crippen MR) is 165 cm³/mol. The molecule has 0 saturated carbocycles. The number of alkyl halides is 5. The zero-order valence-electron chi connectivity index (χ0n) is 25.8. The van der Waals surface area contributed by atoms with Gasteiger partial charge in [0.2, 0.25) is 17.7 Å². The highest BCUT2D eigenvalue weighted by Gasteiger charge is 2.31. The van der Waals surface area contributed by atoms with Crippen LogP contribution in [-0.2, 0) is 16.1 Å². The average Bonchev–Trinajstić information content (AvgIpc) is 3.73. The second-order valence-corrected chi connectivity index (χ2v) is 11.8. The molecule has 1 atom stereocenters. The largest absolute Gasteiger partial charge is 0.444 e. The lowest BCUT2D eigenvalue weighted by atomic mass is 9.87. The molecule has 0 bridgehead atoms. The maximum Gasteiger partial charge on any atom is 0.405 e. The lowest BCUT2D eigenvalue weighted by molar-refractivity contribution is -0.134. The Bertz CT molecular complexity index is 1830. The number of hydrogen-bond acceptors (Lipinski definition) is 9. The number of halogens is 5. The van der Waals surface area contributed by atoms with E-state index >= 15 is 0 Å². The van der Waals surface area contributed by atoms with E-state index in [1.807, 2.05) is 24.3 Å². The highest BCUT2D eigenvalue weighted by molar-refractivity contribution is 6.03. The summed E-state index contributed by atoms with van der Waals surface area (Å²) in [7, 11) is 0. The molecule has 6 rings (SSSR count). The number of likely N-dealkylation sites (tertiary alicyclic amines) is 1. The van der Waals surface area contributed by atoms with E-state index in [2.05, 4.69) is 35.9 Å². The van der Waals surface area contributed by atoms with Gasteiger partial charge in [0, 0.05) is 44.0 Å². The van der Waals surface area contributed by atoms with Crippen LogP contribution < -0.4 is 16.0 Å². The Balaban J connectivity index is 1.08. The fourth-order valence-corrected chi connectivity index (χ4v) is 5.99. The third-order valence-corrected chi connectivity index (χ3v) is 8.42. The minimum absolute atomic E-state index is 0.0844.